The molecule has 0 spiro atoms. The van der Waals surface area contributed by atoms with Gasteiger partial charge in [0.2, 0.25) is 9.70 Å². The normalized spacial score (nSPS) is 27.0. The van der Waals surface area contributed by atoms with Gasteiger partial charge in [-0.2, -0.15) is 0 Å². The molecule has 0 radical (unpaired) electrons. The molecule has 0 aliphatic carbocycles. The van der Waals surface area contributed by atoms with Crippen LogP contribution in [0.3, 0.4) is 0 Å². The zero-order valence-electron chi connectivity index (χ0n) is 9.86. The molecule has 0 saturated carbocycles. The topological polar surface area (TPSA) is 72.6 Å². The van der Waals surface area contributed by atoms with Crippen molar-refractivity contribution in [2.75, 3.05) is 12.4 Å². The molecule has 19 heavy (non-hydrogen) atoms. The largest absolute Gasteiger partial charge is 0.456 e. The smallest absolute Gasteiger partial charge is 0.355 e. The van der Waals surface area contributed by atoms with Crippen molar-refractivity contribution in [2.24, 2.45) is 5.73 Å². The fraction of sp³-hybridized carbons (Fsp3) is 0.600. The molecule has 2 heterocycles. The maximum atomic E-state index is 12.0. The predicted molar refractivity (Wildman–Crippen MR) is 75.0 cm³/mol. The van der Waals surface area contributed by atoms with Gasteiger partial charge >= 0.3 is 5.97 Å². The van der Waals surface area contributed by atoms with E-state index in [9.17, 15) is 9.59 Å². The summed E-state index contributed by atoms with van der Waals surface area (Å²) in [5.41, 5.74) is 6.64. The van der Waals surface area contributed by atoms with Gasteiger partial charge in [-0.05, 0) is 12.5 Å². The molecule has 2 aliphatic rings. The zero-order chi connectivity index (χ0) is 14.4. The SMILES string of the molecule is CC1=C(C(=O)OCC(Cl)(Cl)Cl)N2C(=O)[C@@H](N)[C@H]2SC1. The lowest BCUT2D eigenvalue weighted by molar-refractivity contribution is -0.150. The minimum absolute atomic E-state index is 0.213. The number of carbonyl (C=O) groups excluding carboxylic acids is 2. The Morgan fingerprint density at radius 1 is 1.58 bits per heavy atom. The number of alkyl halides is 3. The number of hydrogen-bond acceptors (Lipinski definition) is 5. The van der Waals surface area contributed by atoms with Crippen molar-refractivity contribution in [3.63, 3.8) is 0 Å². The molecule has 9 heteroatoms. The highest BCUT2D eigenvalue weighted by Crippen LogP contribution is 2.39. The van der Waals surface area contributed by atoms with Crippen molar-refractivity contribution < 1.29 is 14.3 Å². The van der Waals surface area contributed by atoms with Crippen LogP contribution in [0.1, 0.15) is 6.92 Å². The summed E-state index contributed by atoms with van der Waals surface area (Å²) in [5, 5.41) is -0.216. The number of ether oxygens (including phenoxy) is 1. The fourth-order valence-corrected chi connectivity index (χ4v) is 3.28. The summed E-state index contributed by atoms with van der Waals surface area (Å²) in [6.45, 7) is 1.38. The van der Waals surface area contributed by atoms with Crippen LogP contribution in [0.25, 0.3) is 0 Å². The third-order valence-corrected chi connectivity index (χ3v) is 4.53. The third kappa shape index (κ3) is 2.97. The van der Waals surface area contributed by atoms with E-state index in [-0.39, 0.29) is 23.6 Å². The molecule has 0 aromatic rings. The van der Waals surface area contributed by atoms with Gasteiger partial charge in [-0.1, -0.05) is 34.8 Å². The Morgan fingerprint density at radius 3 is 2.79 bits per heavy atom. The van der Waals surface area contributed by atoms with Gasteiger partial charge in [0.15, 0.2) is 0 Å². The maximum absolute atomic E-state index is 12.0. The number of β-lactam (4-membered cyclic amide) rings is 1. The van der Waals surface area contributed by atoms with Crippen LogP contribution in [0.2, 0.25) is 0 Å². The van der Waals surface area contributed by atoms with E-state index in [1.165, 1.54) is 16.7 Å². The van der Waals surface area contributed by atoms with Crippen LogP contribution in [0, 0.1) is 0 Å². The summed E-state index contributed by atoms with van der Waals surface area (Å²) in [7, 11) is 0. The van der Waals surface area contributed by atoms with Crippen LogP contribution in [0.4, 0.5) is 0 Å². The first kappa shape index (κ1) is 15.3. The Bertz CT molecular complexity index is 463. The van der Waals surface area contributed by atoms with Crippen molar-refractivity contribution in [1.82, 2.24) is 4.90 Å². The van der Waals surface area contributed by atoms with E-state index in [2.05, 4.69) is 0 Å². The number of fused-ring (bicyclic) bond motifs is 1. The second-order valence-corrected chi connectivity index (χ2v) is 7.88. The van der Waals surface area contributed by atoms with Crippen molar-refractivity contribution in [3.05, 3.63) is 11.3 Å². The number of thioether (sulfide) groups is 1. The zero-order valence-corrected chi connectivity index (χ0v) is 12.9. The molecule has 5 nitrogen and oxygen atoms in total. The molecular weight excluding hydrogens is 335 g/mol. The number of nitrogens with zero attached hydrogens (tertiary/aromatic N) is 1. The number of hydrogen-bond donors (Lipinski definition) is 1. The Labute approximate surface area is 129 Å². The van der Waals surface area contributed by atoms with Gasteiger partial charge in [0, 0.05) is 5.75 Å². The summed E-state index contributed by atoms with van der Waals surface area (Å²) in [6.07, 6.45) is 0. The van der Waals surface area contributed by atoms with Crippen LogP contribution in [0.15, 0.2) is 11.3 Å². The van der Waals surface area contributed by atoms with Gasteiger partial charge in [-0.3, -0.25) is 9.69 Å². The van der Waals surface area contributed by atoms with E-state index < -0.39 is 15.8 Å². The highest BCUT2D eigenvalue weighted by molar-refractivity contribution is 8.00. The molecule has 2 atom stereocenters. The second-order valence-electron chi connectivity index (χ2n) is 4.26. The van der Waals surface area contributed by atoms with Crippen molar-refractivity contribution in [1.29, 1.82) is 0 Å². The van der Waals surface area contributed by atoms with Gasteiger partial charge < -0.3 is 10.5 Å². The minimum Gasteiger partial charge on any atom is -0.456 e. The van der Waals surface area contributed by atoms with Crippen LogP contribution in [-0.2, 0) is 14.3 Å². The fourth-order valence-electron chi connectivity index (χ4n) is 1.87. The number of amides is 1. The van der Waals surface area contributed by atoms with E-state index in [1.54, 1.807) is 6.92 Å². The number of nitrogens with two attached hydrogens (primary N) is 1. The lowest BCUT2D eigenvalue weighted by Gasteiger charge is -2.48. The van der Waals surface area contributed by atoms with E-state index in [0.717, 1.165) is 5.57 Å². The molecule has 2 rings (SSSR count). The van der Waals surface area contributed by atoms with Gasteiger partial charge in [0.25, 0.3) is 0 Å². The van der Waals surface area contributed by atoms with Crippen molar-refractivity contribution in [2.45, 2.75) is 22.1 Å². The van der Waals surface area contributed by atoms with Crippen molar-refractivity contribution in [3.8, 4) is 0 Å². The highest BCUT2D eigenvalue weighted by Gasteiger charge is 2.51. The van der Waals surface area contributed by atoms with E-state index >= 15 is 0 Å². The van der Waals surface area contributed by atoms with Gasteiger partial charge in [-0.25, -0.2) is 4.79 Å². The van der Waals surface area contributed by atoms with Crippen molar-refractivity contribution >= 4 is 58.4 Å². The highest BCUT2D eigenvalue weighted by atomic mass is 35.6. The molecule has 0 bridgehead atoms. The summed E-state index contributed by atoms with van der Waals surface area (Å²) in [6, 6.07) is -0.575. The predicted octanol–water partition coefficient (Wildman–Crippen LogP) is 1.42. The van der Waals surface area contributed by atoms with Crippen LogP contribution in [-0.4, -0.2) is 44.3 Å². The molecule has 1 saturated heterocycles. The van der Waals surface area contributed by atoms with E-state index in [0.29, 0.717) is 5.75 Å². The Kier molecular flexibility index (Phi) is 4.28. The van der Waals surface area contributed by atoms with Crippen LogP contribution < -0.4 is 5.73 Å². The number of carbonyl (C=O) groups is 2. The van der Waals surface area contributed by atoms with Gasteiger partial charge in [0.1, 0.15) is 23.7 Å². The Hall–Kier alpha value is -0.140. The first-order chi connectivity index (χ1) is 8.72. The molecule has 0 aromatic carbocycles. The average molecular weight is 346 g/mol. The van der Waals surface area contributed by atoms with Crippen LogP contribution in [0.5, 0.6) is 0 Å². The van der Waals surface area contributed by atoms with E-state index in [1.807, 2.05) is 0 Å². The lowest BCUT2D eigenvalue weighted by Crippen LogP contribution is -2.68. The van der Waals surface area contributed by atoms with Crippen LogP contribution >= 0.6 is 46.6 Å². The lowest BCUT2D eigenvalue weighted by atomic mass is 10.0. The number of halogens is 3. The first-order valence-electron chi connectivity index (χ1n) is 5.36. The molecular formula is C10H11Cl3N2O3S. The number of rotatable bonds is 2. The molecule has 1 amide bonds. The summed E-state index contributed by atoms with van der Waals surface area (Å²) in [4.78, 5) is 25.1. The van der Waals surface area contributed by atoms with E-state index in [4.69, 9.17) is 45.3 Å². The minimum atomic E-state index is -1.68. The molecule has 106 valence electrons. The Balaban J connectivity index is 2.13. The Morgan fingerprint density at radius 2 is 2.21 bits per heavy atom. The first-order valence-corrected chi connectivity index (χ1v) is 7.54. The molecule has 0 aromatic heterocycles. The quantitative estimate of drug-likeness (QED) is 0.465. The summed E-state index contributed by atoms with van der Waals surface area (Å²) in [5.74, 6) is -0.355. The summed E-state index contributed by atoms with van der Waals surface area (Å²) >= 11 is 18.1. The monoisotopic (exact) mass is 344 g/mol. The second kappa shape index (κ2) is 5.33. The standard InChI is InChI=1S/C10H11Cl3N2O3S/c1-4-2-19-8-5(14)7(16)15(8)6(4)9(17)18-3-10(11,12)13/h5,8H,2-3,14H2,1H3/t5-,8-/m1/s1. The average Bonchev–Trinajstić information content (AvgIpc) is 2.33. The maximum Gasteiger partial charge on any atom is 0.355 e. The molecule has 1 fully saturated rings. The number of esters is 1. The molecule has 0 unspecified atom stereocenters. The van der Waals surface area contributed by atoms with Gasteiger partial charge in [0.05, 0.1) is 0 Å². The molecule has 2 N–H and O–H groups in total. The summed E-state index contributed by atoms with van der Waals surface area (Å²) < 4.78 is 3.24. The van der Waals surface area contributed by atoms with Gasteiger partial charge in [-0.15, -0.1) is 11.8 Å². The third-order valence-electron chi connectivity index (χ3n) is 2.76. The molecule has 2 aliphatic heterocycles.